The van der Waals surface area contributed by atoms with Crippen LogP contribution in [0.1, 0.15) is 27.4 Å². The molecule has 33 heavy (non-hydrogen) atoms. The molecule has 0 saturated carbocycles. The first-order chi connectivity index (χ1) is 16.0. The number of nitrogens with zero attached hydrogens (tertiary/aromatic N) is 6. The van der Waals surface area contributed by atoms with Crippen LogP contribution in [0, 0.1) is 17.6 Å². The normalized spacial score (nSPS) is 16.9. The maximum Gasteiger partial charge on any atom is 0.242 e. The van der Waals surface area contributed by atoms with Gasteiger partial charge in [0.25, 0.3) is 0 Å². The van der Waals surface area contributed by atoms with Gasteiger partial charge < -0.3 is 0 Å². The standard InChI is InChI=1S/C22H14F4N6S/c23-12-3-1-4-13(24)18(12)19-17-11-7-10(20(25)26)8-15(11)33-22(17)32-16(9-27-19)30-31-21(32)14-5-2-6-28-29-14/h1-6,10,20H,7-9H2. The van der Waals surface area contributed by atoms with E-state index < -0.39 is 24.0 Å². The van der Waals surface area contributed by atoms with Crippen molar-refractivity contribution < 1.29 is 17.6 Å². The highest BCUT2D eigenvalue weighted by atomic mass is 32.1. The third kappa shape index (κ3) is 3.10. The number of halogens is 4. The number of aromatic nitrogens is 5. The Hall–Kier alpha value is -3.47. The SMILES string of the molecule is Fc1cccc(F)c1C1=NCc2nnc(-c3cccnn3)n2-c2sc3c(c21)CC(C(F)F)C3. The van der Waals surface area contributed by atoms with Crippen LogP contribution < -0.4 is 0 Å². The second kappa shape index (κ2) is 7.55. The summed E-state index contributed by atoms with van der Waals surface area (Å²) in [5, 5.41) is 17.1. The molecule has 1 aliphatic heterocycles. The molecular weight excluding hydrogens is 456 g/mol. The molecule has 1 aromatic carbocycles. The monoisotopic (exact) mass is 470 g/mol. The molecule has 3 aromatic heterocycles. The Morgan fingerprint density at radius 3 is 2.52 bits per heavy atom. The van der Waals surface area contributed by atoms with E-state index in [2.05, 4.69) is 25.4 Å². The van der Waals surface area contributed by atoms with Crippen LogP contribution in [0.5, 0.6) is 0 Å². The van der Waals surface area contributed by atoms with Crippen molar-refractivity contribution in [1.29, 1.82) is 0 Å². The zero-order valence-electron chi connectivity index (χ0n) is 16.8. The van der Waals surface area contributed by atoms with Crippen molar-refractivity contribution in [3.8, 4) is 16.5 Å². The van der Waals surface area contributed by atoms with Crippen molar-refractivity contribution in [3.05, 3.63) is 75.6 Å². The summed E-state index contributed by atoms with van der Waals surface area (Å²) in [6.07, 6.45) is -0.667. The lowest BCUT2D eigenvalue weighted by molar-refractivity contribution is 0.0826. The van der Waals surface area contributed by atoms with Crippen LogP contribution in [-0.2, 0) is 19.4 Å². The van der Waals surface area contributed by atoms with E-state index in [0.717, 1.165) is 17.0 Å². The van der Waals surface area contributed by atoms with E-state index in [0.29, 0.717) is 33.5 Å². The summed E-state index contributed by atoms with van der Waals surface area (Å²) in [7, 11) is 0. The number of aliphatic imine (C=N–C) groups is 1. The van der Waals surface area contributed by atoms with E-state index in [1.165, 1.54) is 23.6 Å². The molecule has 0 amide bonds. The van der Waals surface area contributed by atoms with Crippen LogP contribution in [-0.4, -0.2) is 37.1 Å². The molecule has 1 unspecified atom stereocenters. The summed E-state index contributed by atoms with van der Waals surface area (Å²) >= 11 is 1.30. The van der Waals surface area contributed by atoms with Gasteiger partial charge in [-0.15, -0.1) is 26.6 Å². The first-order valence-corrected chi connectivity index (χ1v) is 11.0. The molecule has 1 aliphatic carbocycles. The minimum atomic E-state index is -2.49. The maximum atomic E-state index is 14.8. The van der Waals surface area contributed by atoms with Gasteiger partial charge in [0.15, 0.2) is 11.6 Å². The zero-order valence-corrected chi connectivity index (χ0v) is 17.7. The van der Waals surface area contributed by atoms with E-state index in [1.54, 1.807) is 16.7 Å². The fourth-order valence-corrected chi connectivity index (χ4v) is 5.85. The molecule has 0 N–H and O–H groups in total. The number of benzene rings is 1. The van der Waals surface area contributed by atoms with Crippen molar-refractivity contribution in [2.24, 2.45) is 10.9 Å². The first kappa shape index (κ1) is 20.2. The van der Waals surface area contributed by atoms with Crippen LogP contribution in [0.15, 0.2) is 41.5 Å². The summed E-state index contributed by atoms with van der Waals surface area (Å²) in [6, 6.07) is 7.02. The van der Waals surface area contributed by atoms with Crippen molar-refractivity contribution in [2.45, 2.75) is 25.8 Å². The average molecular weight is 470 g/mol. The van der Waals surface area contributed by atoms with Crippen LogP contribution in [0.2, 0.25) is 0 Å². The lowest BCUT2D eigenvalue weighted by Gasteiger charge is -2.13. The van der Waals surface area contributed by atoms with Crippen molar-refractivity contribution in [3.63, 3.8) is 0 Å². The number of hydrogen-bond donors (Lipinski definition) is 0. The van der Waals surface area contributed by atoms with Gasteiger partial charge in [-0.1, -0.05) is 6.07 Å². The van der Waals surface area contributed by atoms with Crippen molar-refractivity contribution >= 4 is 17.0 Å². The summed E-state index contributed by atoms with van der Waals surface area (Å²) in [6.45, 7) is 0.00478. The Kier molecular flexibility index (Phi) is 4.61. The Morgan fingerprint density at radius 1 is 0.970 bits per heavy atom. The van der Waals surface area contributed by atoms with E-state index in [1.807, 2.05) is 0 Å². The second-order valence-corrected chi connectivity index (χ2v) is 8.92. The molecule has 6 nitrogen and oxygen atoms in total. The van der Waals surface area contributed by atoms with Gasteiger partial charge in [-0.25, -0.2) is 17.6 Å². The molecule has 4 heterocycles. The molecule has 2 aliphatic rings. The number of thiophene rings is 1. The highest BCUT2D eigenvalue weighted by Crippen LogP contribution is 2.45. The molecule has 11 heteroatoms. The molecule has 0 spiro atoms. The van der Waals surface area contributed by atoms with Gasteiger partial charge in [0.05, 0.1) is 11.3 Å². The third-order valence-corrected chi connectivity index (χ3v) is 7.13. The number of alkyl halides is 2. The second-order valence-electron chi connectivity index (χ2n) is 7.83. The van der Waals surface area contributed by atoms with Gasteiger partial charge in [0.1, 0.15) is 28.9 Å². The van der Waals surface area contributed by atoms with E-state index in [-0.39, 0.29) is 30.7 Å². The molecule has 1 atom stereocenters. The number of fused-ring (bicyclic) bond motifs is 5. The van der Waals surface area contributed by atoms with Crippen molar-refractivity contribution in [2.75, 3.05) is 0 Å². The van der Waals surface area contributed by atoms with E-state index in [4.69, 9.17) is 0 Å². The van der Waals surface area contributed by atoms with Crippen LogP contribution >= 0.6 is 11.3 Å². The predicted octanol–water partition coefficient (Wildman–Crippen LogP) is 4.39. The van der Waals surface area contributed by atoms with Gasteiger partial charge in [0.2, 0.25) is 6.43 Å². The van der Waals surface area contributed by atoms with Crippen molar-refractivity contribution in [1.82, 2.24) is 25.0 Å². The average Bonchev–Trinajstić information content (AvgIpc) is 3.47. The van der Waals surface area contributed by atoms with Crippen LogP contribution in [0.4, 0.5) is 17.6 Å². The lowest BCUT2D eigenvalue weighted by Crippen LogP contribution is -2.14. The highest BCUT2D eigenvalue weighted by molar-refractivity contribution is 7.15. The minimum Gasteiger partial charge on any atom is -0.276 e. The predicted molar refractivity (Wildman–Crippen MR) is 113 cm³/mol. The summed E-state index contributed by atoms with van der Waals surface area (Å²) in [5.74, 6) is -1.53. The zero-order chi connectivity index (χ0) is 22.7. The molecular formula is C22H14F4N6S. The summed E-state index contributed by atoms with van der Waals surface area (Å²) < 4.78 is 58.5. The summed E-state index contributed by atoms with van der Waals surface area (Å²) in [4.78, 5) is 5.27. The van der Waals surface area contributed by atoms with E-state index >= 15 is 0 Å². The third-order valence-electron chi connectivity index (χ3n) is 5.89. The topological polar surface area (TPSA) is 68.8 Å². The largest absolute Gasteiger partial charge is 0.276 e. The van der Waals surface area contributed by atoms with Gasteiger partial charge in [0, 0.05) is 22.6 Å². The number of hydrogen-bond acceptors (Lipinski definition) is 6. The summed E-state index contributed by atoms with van der Waals surface area (Å²) in [5.41, 5.74) is 1.38. The smallest absolute Gasteiger partial charge is 0.242 e. The Balaban J connectivity index is 1.62. The number of rotatable bonds is 3. The van der Waals surface area contributed by atoms with Gasteiger partial charge >= 0.3 is 0 Å². The lowest BCUT2D eigenvalue weighted by atomic mass is 9.97. The maximum absolute atomic E-state index is 14.8. The molecule has 0 bridgehead atoms. The Morgan fingerprint density at radius 2 is 1.79 bits per heavy atom. The van der Waals surface area contributed by atoms with Crippen LogP contribution in [0.3, 0.4) is 0 Å². The molecule has 166 valence electrons. The first-order valence-electron chi connectivity index (χ1n) is 10.2. The fraction of sp³-hybridized carbons (Fsp3) is 0.227. The minimum absolute atomic E-state index is 0.00478. The van der Waals surface area contributed by atoms with Gasteiger partial charge in [-0.2, -0.15) is 5.10 Å². The quantitative estimate of drug-likeness (QED) is 0.417. The highest BCUT2D eigenvalue weighted by Gasteiger charge is 2.38. The molecule has 4 aromatic rings. The van der Waals surface area contributed by atoms with Gasteiger partial charge in [-0.05, 0) is 42.7 Å². The molecule has 0 fully saturated rings. The molecule has 6 rings (SSSR count). The Bertz CT molecular complexity index is 1390. The van der Waals surface area contributed by atoms with Crippen LogP contribution in [0.25, 0.3) is 16.5 Å². The Labute approximate surface area is 188 Å². The van der Waals surface area contributed by atoms with Gasteiger partial charge in [-0.3, -0.25) is 9.56 Å². The fourth-order valence-electron chi connectivity index (χ4n) is 4.41. The molecule has 0 saturated heterocycles. The van der Waals surface area contributed by atoms with E-state index in [9.17, 15) is 17.6 Å². The molecule has 0 radical (unpaired) electrons.